The van der Waals surface area contributed by atoms with E-state index in [2.05, 4.69) is 24.0 Å². The lowest BCUT2D eigenvalue weighted by Gasteiger charge is -2.08. The Morgan fingerprint density at radius 3 is 2.72 bits per heavy atom. The molecule has 134 valence electrons. The number of aromatic nitrogens is 4. The summed E-state index contributed by atoms with van der Waals surface area (Å²) >= 11 is 3.03. The zero-order valence-electron chi connectivity index (χ0n) is 15.1. The molecule has 0 atom stereocenters. The van der Waals surface area contributed by atoms with Crippen molar-refractivity contribution in [1.82, 2.24) is 19.7 Å². The molecule has 0 unspecified atom stereocenters. The summed E-state index contributed by atoms with van der Waals surface area (Å²) in [6.07, 6.45) is 0.797. The summed E-state index contributed by atoms with van der Waals surface area (Å²) in [5.41, 5.74) is 1.06. The first-order chi connectivity index (χ1) is 11.9. The molecule has 0 N–H and O–H groups in total. The molecule has 3 rings (SSSR count). The SMILES string of the molecule is CCn1c(SCc2nc(CC(C)C)no2)nc2sc(C)c(C)c2c1=O. The second-order valence-corrected chi connectivity index (χ2v) is 8.54. The number of hydrogen-bond donors (Lipinski definition) is 0. The highest BCUT2D eigenvalue weighted by Gasteiger charge is 2.17. The number of rotatable bonds is 6. The zero-order valence-corrected chi connectivity index (χ0v) is 16.8. The standard InChI is InChI=1S/C17H22N4O2S2/c1-6-21-16(22)14-10(4)11(5)25-15(14)19-17(21)24-8-13-18-12(20-23-13)7-9(2)3/h9H,6-8H2,1-5H3. The van der Waals surface area contributed by atoms with Crippen LogP contribution in [-0.2, 0) is 18.7 Å². The topological polar surface area (TPSA) is 73.8 Å². The summed E-state index contributed by atoms with van der Waals surface area (Å²) in [7, 11) is 0. The molecule has 0 radical (unpaired) electrons. The van der Waals surface area contributed by atoms with Gasteiger partial charge in [0.05, 0.1) is 11.1 Å². The molecular weight excluding hydrogens is 356 g/mol. The van der Waals surface area contributed by atoms with Gasteiger partial charge in [-0.25, -0.2) is 4.98 Å². The zero-order chi connectivity index (χ0) is 18.1. The van der Waals surface area contributed by atoms with Crippen LogP contribution in [0.2, 0.25) is 0 Å². The number of thioether (sulfide) groups is 1. The predicted octanol–water partition coefficient (Wildman–Crippen LogP) is 3.97. The van der Waals surface area contributed by atoms with Crippen molar-refractivity contribution in [3.8, 4) is 0 Å². The van der Waals surface area contributed by atoms with Crippen LogP contribution in [0.1, 0.15) is 42.9 Å². The lowest BCUT2D eigenvalue weighted by atomic mass is 10.1. The Labute approximate surface area is 154 Å². The molecule has 0 saturated carbocycles. The third-order valence-electron chi connectivity index (χ3n) is 4.00. The van der Waals surface area contributed by atoms with E-state index in [-0.39, 0.29) is 5.56 Å². The lowest BCUT2D eigenvalue weighted by molar-refractivity contribution is 0.382. The Kier molecular flexibility index (Phi) is 5.29. The van der Waals surface area contributed by atoms with Gasteiger partial charge >= 0.3 is 0 Å². The number of aryl methyl sites for hydroxylation is 2. The van der Waals surface area contributed by atoms with Crippen molar-refractivity contribution in [2.24, 2.45) is 5.92 Å². The average molecular weight is 379 g/mol. The summed E-state index contributed by atoms with van der Waals surface area (Å²) in [4.78, 5) is 23.9. The Hall–Kier alpha value is -1.67. The van der Waals surface area contributed by atoms with Crippen LogP contribution in [0.15, 0.2) is 14.5 Å². The molecule has 25 heavy (non-hydrogen) atoms. The third kappa shape index (κ3) is 3.64. The summed E-state index contributed by atoms with van der Waals surface area (Å²) in [6, 6.07) is 0. The summed E-state index contributed by atoms with van der Waals surface area (Å²) < 4.78 is 7.03. The van der Waals surface area contributed by atoms with Gasteiger partial charge in [-0.05, 0) is 32.3 Å². The summed E-state index contributed by atoms with van der Waals surface area (Å²) in [5.74, 6) is 2.28. The van der Waals surface area contributed by atoms with Gasteiger partial charge in [-0.15, -0.1) is 11.3 Å². The first kappa shape index (κ1) is 18.1. The fourth-order valence-electron chi connectivity index (χ4n) is 2.62. The molecule has 0 bridgehead atoms. The largest absolute Gasteiger partial charge is 0.338 e. The number of hydrogen-bond acceptors (Lipinski definition) is 7. The van der Waals surface area contributed by atoms with Crippen LogP contribution in [0.25, 0.3) is 10.2 Å². The molecule has 8 heteroatoms. The molecule has 3 aromatic rings. The van der Waals surface area contributed by atoms with Crippen LogP contribution in [0.3, 0.4) is 0 Å². The molecule has 0 aliphatic carbocycles. The van der Waals surface area contributed by atoms with Crippen LogP contribution in [0.4, 0.5) is 0 Å². The molecular formula is C17H22N4O2S2. The molecule has 0 fully saturated rings. The molecule has 0 aromatic carbocycles. The highest BCUT2D eigenvalue weighted by atomic mass is 32.2. The van der Waals surface area contributed by atoms with Crippen molar-refractivity contribution in [3.05, 3.63) is 32.5 Å². The smallest absolute Gasteiger partial charge is 0.263 e. The lowest BCUT2D eigenvalue weighted by Crippen LogP contribution is -2.22. The van der Waals surface area contributed by atoms with Crippen molar-refractivity contribution >= 4 is 33.3 Å². The van der Waals surface area contributed by atoms with Gasteiger partial charge in [-0.1, -0.05) is 30.8 Å². The van der Waals surface area contributed by atoms with Crippen molar-refractivity contribution in [2.75, 3.05) is 0 Å². The van der Waals surface area contributed by atoms with E-state index in [1.165, 1.54) is 11.8 Å². The molecule has 0 aliphatic rings. The van der Waals surface area contributed by atoms with Gasteiger partial charge in [0.1, 0.15) is 4.83 Å². The average Bonchev–Trinajstić information content (AvgIpc) is 3.10. The van der Waals surface area contributed by atoms with Crippen molar-refractivity contribution in [1.29, 1.82) is 0 Å². The van der Waals surface area contributed by atoms with Gasteiger partial charge in [0, 0.05) is 17.8 Å². The number of nitrogens with zero attached hydrogens (tertiary/aromatic N) is 4. The van der Waals surface area contributed by atoms with Crippen LogP contribution in [0, 0.1) is 19.8 Å². The molecule has 0 amide bonds. The first-order valence-electron chi connectivity index (χ1n) is 8.35. The van der Waals surface area contributed by atoms with Gasteiger partial charge in [-0.3, -0.25) is 9.36 Å². The van der Waals surface area contributed by atoms with Gasteiger partial charge in [0.2, 0.25) is 5.89 Å². The van der Waals surface area contributed by atoms with E-state index >= 15 is 0 Å². The molecule has 0 saturated heterocycles. The molecule has 0 aliphatic heterocycles. The third-order valence-corrected chi connectivity index (χ3v) is 6.06. The molecule has 3 aromatic heterocycles. The fourth-order valence-corrected chi connectivity index (χ4v) is 4.59. The summed E-state index contributed by atoms with van der Waals surface area (Å²) in [5, 5.41) is 5.45. The van der Waals surface area contributed by atoms with E-state index in [0.717, 1.165) is 32.9 Å². The fraction of sp³-hybridized carbons (Fsp3) is 0.529. The van der Waals surface area contributed by atoms with Crippen molar-refractivity contribution in [2.45, 2.75) is 58.5 Å². The minimum absolute atomic E-state index is 0.0304. The van der Waals surface area contributed by atoms with Gasteiger partial charge in [0.25, 0.3) is 5.56 Å². The van der Waals surface area contributed by atoms with Gasteiger partial charge < -0.3 is 4.52 Å². The number of thiophene rings is 1. The maximum atomic E-state index is 12.8. The molecule has 3 heterocycles. The monoisotopic (exact) mass is 378 g/mol. The van der Waals surface area contributed by atoms with Crippen LogP contribution < -0.4 is 5.56 Å². The first-order valence-corrected chi connectivity index (χ1v) is 10.2. The minimum Gasteiger partial charge on any atom is -0.338 e. The van der Waals surface area contributed by atoms with Crippen LogP contribution in [0.5, 0.6) is 0 Å². The van der Waals surface area contributed by atoms with Crippen LogP contribution in [-0.4, -0.2) is 19.7 Å². The van der Waals surface area contributed by atoms with Crippen molar-refractivity contribution < 1.29 is 4.52 Å². The van der Waals surface area contributed by atoms with E-state index in [9.17, 15) is 4.79 Å². The number of fused-ring (bicyclic) bond motifs is 1. The van der Waals surface area contributed by atoms with Crippen LogP contribution >= 0.6 is 23.1 Å². The summed E-state index contributed by atoms with van der Waals surface area (Å²) in [6.45, 7) is 10.8. The Bertz CT molecular complexity index is 956. The van der Waals surface area contributed by atoms with Gasteiger partial charge in [0.15, 0.2) is 11.0 Å². The maximum absolute atomic E-state index is 12.8. The quantitative estimate of drug-likeness (QED) is 0.477. The highest BCUT2D eigenvalue weighted by molar-refractivity contribution is 7.98. The second kappa shape index (κ2) is 7.29. The predicted molar refractivity (Wildman–Crippen MR) is 101 cm³/mol. The Morgan fingerprint density at radius 2 is 2.04 bits per heavy atom. The van der Waals surface area contributed by atoms with E-state index in [0.29, 0.717) is 29.3 Å². The molecule has 6 nitrogen and oxygen atoms in total. The van der Waals surface area contributed by atoms with E-state index < -0.39 is 0 Å². The minimum atomic E-state index is 0.0304. The Morgan fingerprint density at radius 1 is 1.28 bits per heavy atom. The van der Waals surface area contributed by atoms with E-state index in [1.807, 2.05) is 20.8 Å². The van der Waals surface area contributed by atoms with E-state index in [4.69, 9.17) is 9.51 Å². The second-order valence-electron chi connectivity index (χ2n) is 6.40. The normalized spacial score (nSPS) is 11.8. The van der Waals surface area contributed by atoms with Gasteiger partial charge in [-0.2, -0.15) is 4.98 Å². The Balaban J connectivity index is 1.88. The maximum Gasteiger partial charge on any atom is 0.263 e. The van der Waals surface area contributed by atoms with Crippen molar-refractivity contribution in [3.63, 3.8) is 0 Å². The van der Waals surface area contributed by atoms with E-state index in [1.54, 1.807) is 15.9 Å². The highest BCUT2D eigenvalue weighted by Crippen LogP contribution is 2.29. The molecule has 0 spiro atoms.